The van der Waals surface area contributed by atoms with Gasteiger partial charge in [0.05, 0.1) is 37.5 Å². The van der Waals surface area contributed by atoms with Crippen LogP contribution in [0.15, 0.2) is 18.3 Å². The Morgan fingerprint density at radius 3 is 2.59 bits per heavy atom. The molecule has 0 aromatic carbocycles. The highest BCUT2D eigenvalue weighted by Crippen LogP contribution is 2.11. The van der Waals surface area contributed by atoms with E-state index in [2.05, 4.69) is 4.98 Å². The van der Waals surface area contributed by atoms with Gasteiger partial charge in [-0.2, -0.15) is 0 Å². The lowest BCUT2D eigenvalue weighted by Gasteiger charge is -2.35. The third-order valence-corrected chi connectivity index (χ3v) is 6.47. The van der Waals surface area contributed by atoms with Crippen LogP contribution in [0.2, 0.25) is 5.15 Å². The van der Waals surface area contributed by atoms with Gasteiger partial charge < -0.3 is 9.80 Å². The third-order valence-electron chi connectivity index (χ3n) is 4.48. The molecule has 2 aliphatic heterocycles. The van der Waals surface area contributed by atoms with E-state index < -0.39 is 9.84 Å². The molecule has 3 rings (SSSR count). The lowest BCUT2D eigenvalue weighted by Crippen LogP contribution is -3.18. The summed E-state index contributed by atoms with van der Waals surface area (Å²) in [5, 5.41) is 0.369. The van der Waals surface area contributed by atoms with Gasteiger partial charge in [0.2, 0.25) is 0 Å². The van der Waals surface area contributed by atoms with Crippen LogP contribution in [0.4, 0.5) is 0 Å². The summed E-state index contributed by atoms with van der Waals surface area (Å²) in [6.07, 6.45) is 2.24. The first-order chi connectivity index (χ1) is 10.4. The topological polar surface area (TPSA) is 71.8 Å². The Hall–Kier alpha value is -1.18. The average molecular weight is 345 g/mol. The summed E-state index contributed by atoms with van der Waals surface area (Å²) >= 11 is 5.73. The van der Waals surface area contributed by atoms with Gasteiger partial charge in [-0.15, -0.1) is 0 Å². The van der Waals surface area contributed by atoms with Crippen LogP contribution in [0.1, 0.15) is 16.8 Å². The van der Waals surface area contributed by atoms with Gasteiger partial charge in [0.25, 0.3) is 5.91 Å². The molecular formula is C14H19ClN3O3S+. The average Bonchev–Trinajstić information content (AvgIpc) is 2.88. The van der Waals surface area contributed by atoms with Crippen LogP contribution in [-0.4, -0.2) is 67.9 Å². The van der Waals surface area contributed by atoms with Crippen molar-refractivity contribution in [3.8, 4) is 0 Å². The maximum absolute atomic E-state index is 12.4. The van der Waals surface area contributed by atoms with Crippen molar-refractivity contribution < 1.29 is 18.1 Å². The van der Waals surface area contributed by atoms with Crippen LogP contribution in [0.5, 0.6) is 0 Å². The lowest BCUT2D eigenvalue weighted by atomic mass is 10.1. The minimum absolute atomic E-state index is 0.0396. The highest BCUT2D eigenvalue weighted by molar-refractivity contribution is 7.91. The zero-order valence-electron chi connectivity index (χ0n) is 12.2. The fraction of sp³-hybridized carbons (Fsp3) is 0.571. The standard InChI is InChI=1S/C14H18ClN3O3S/c15-13-2-1-11(9-16-13)14(19)18-6-4-17(5-7-18)12-3-8-22(20,21)10-12/h1-2,9,12H,3-8,10H2/p+1/t12-/m1/s1. The van der Waals surface area contributed by atoms with Crippen LogP contribution in [-0.2, 0) is 9.84 Å². The molecule has 2 saturated heterocycles. The minimum Gasteiger partial charge on any atom is -0.329 e. The number of halogens is 1. The van der Waals surface area contributed by atoms with Crippen LogP contribution in [0, 0.1) is 0 Å². The summed E-state index contributed by atoms with van der Waals surface area (Å²) in [4.78, 5) is 19.4. The number of rotatable bonds is 2. The van der Waals surface area contributed by atoms with E-state index in [-0.39, 0.29) is 17.7 Å². The first-order valence-corrected chi connectivity index (χ1v) is 9.60. The number of pyridine rings is 1. The Labute approximate surface area is 135 Å². The summed E-state index contributed by atoms with van der Waals surface area (Å²) in [6, 6.07) is 3.49. The van der Waals surface area contributed by atoms with Gasteiger partial charge >= 0.3 is 0 Å². The zero-order chi connectivity index (χ0) is 15.7. The summed E-state index contributed by atoms with van der Waals surface area (Å²) in [6.45, 7) is 2.89. The van der Waals surface area contributed by atoms with Gasteiger partial charge in [-0.1, -0.05) is 11.6 Å². The smallest absolute Gasteiger partial charge is 0.255 e. The number of amides is 1. The molecule has 2 fully saturated rings. The summed E-state index contributed by atoms with van der Waals surface area (Å²) in [7, 11) is -2.84. The Bertz CT molecular complexity index is 654. The molecule has 1 atom stereocenters. The number of piperazine rings is 1. The number of carbonyl (C=O) groups excluding carboxylic acids is 1. The van der Waals surface area contributed by atoms with E-state index in [1.165, 1.54) is 11.1 Å². The second-order valence-corrected chi connectivity index (χ2v) is 8.54. The summed E-state index contributed by atoms with van der Waals surface area (Å²) in [5.41, 5.74) is 0.538. The molecule has 3 heterocycles. The molecule has 0 unspecified atom stereocenters. The van der Waals surface area contributed by atoms with E-state index >= 15 is 0 Å². The Morgan fingerprint density at radius 1 is 1.32 bits per heavy atom. The molecule has 0 spiro atoms. The van der Waals surface area contributed by atoms with Gasteiger partial charge in [-0.05, 0) is 12.1 Å². The quantitative estimate of drug-likeness (QED) is 0.718. The van der Waals surface area contributed by atoms with Crippen LogP contribution < -0.4 is 4.90 Å². The number of hydrogen-bond acceptors (Lipinski definition) is 4. The van der Waals surface area contributed by atoms with E-state index in [1.54, 1.807) is 17.0 Å². The molecule has 1 aromatic rings. The van der Waals surface area contributed by atoms with Gasteiger partial charge in [0, 0.05) is 12.6 Å². The molecule has 0 saturated carbocycles. The van der Waals surface area contributed by atoms with Crippen molar-refractivity contribution in [2.24, 2.45) is 0 Å². The van der Waals surface area contributed by atoms with Gasteiger partial charge in [-0.3, -0.25) is 4.79 Å². The van der Waals surface area contributed by atoms with Gasteiger partial charge in [0.15, 0.2) is 9.84 Å². The number of aromatic nitrogens is 1. The predicted molar refractivity (Wildman–Crippen MR) is 82.9 cm³/mol. The molecule has 0 aliphatic carbocycles. The lowest BCUT2D eigenvalue weighted by molar-refractivity contribution is -0.925. The monoisotopic (exact) mass is 344 g/mol. The van der Waals surface area contributed by atoms with Crippen molar-refractivity contribution in [2.75, 3.05) is 37.7 Å². The van der Waals surface area contributed by atoms with Gasteiger partial charge in [-0.25, -0.2) is 13.4 Å². The zero-order valence-corrected chi connectivity index (χ0v) is 13.7. The highest BCUT2D eigenvalue weighted by Gasteiger charge is 2.37. The van der Waals surface area contributed by atoms with E-state index in [0.29, 0.717) is 29.6 Å². The molecular weight excluding hydrogens is 326 g/mol. The van der Waals surface area contributed by atoms with Crippen molar-refractivity contribution in [3.05, 3.63) is 29.0 Å². The predicted octanol–water partition coefficient (Wildman–Crippen LogP) is -0.737. The summed E-state index contributed by atoms with van der Waals surface area (Å²) in [5.74, 6) is 0.555. The first-order valence-electron chi connectivity index (χ1n) is 7.40. The molecule has 22 heavy (non-hydrogen) atoms. The Balaban J connectivity index is 1.57. The number of hydrogen-bond donors (Lipinski definition) is 1. The van der Waals surface area contributed by atoms with Crippen LogP contribution >= 0.6 is 11.6 Å². The van der Waals surface area contributed by atoms with Crippen molar-refractivity contribution >= 4 is 27.3 Å². The SMILES string of the molecule is O=C(c1ccc(Cl)nc1)N1CC[NH+]([C@@H]2CCS(=O)(=O)C2)CC1. The molecule has 1 aromatic heterocycles. The maximum Gasteiger partial charge on any atom is 0.255 e. The van der Waals surface area contributed by atoms with E-state index in [0.717, 1.165) is 19.5 Å². The Kier molecular flexibility index (Phi) is 4.38. The largest absolute Gasteiger partial charge is 0.329 e. The van der Waals surface area contributed by atoms with E-state index in [9.17, 15) is 13.2 Å². The number of nitrogens with zero attached hydrogens (tertiary/aromatic N) is 2. The molecule has 2 aliphatic rings. The highest BCUT2D eigenvalue weighted by atomic mass is 35.5. The van der Waals surface area contributed by atoms with Crippen molar-refractivity contribution in [3.63, 3.8) is 0 Å². The maximum atomic E-state index is 12.4. The molecule has 1 amide bonds. The molecule has 8 heteroatoms. The number of carbonyl (C=O) groups is 1. The number of sulfone groups is 1. The van der Waals surface area contributed by atoms with Crippen LogP contribution in [0.25, 0.3) is 0 Å². The van der Waals surface area contributed by atoms with E-state index in [1.807, 2.05) is 0 Å². The second kappa shape index (κ2) is 6.14. The number of nitrogens with one attached hydrogen (secondary N) is 1. The fourth-order valence-electron chi connectivity index (χ4n) is 3.21. The van der Waals surface area contributed by atoms with Gasteiger partial charge in [0.1, 0.15) is 16.9 Å². The normalized spacial score (nSPS) is 25.3. The second-order valence-electron chi connectivity index (χ2n) is 5.92. The van der Waals surface area contributed by atoms with Crippen molar-refractivity contribution in [2.45, 2.75) is 12.5 Å². The molecule has 0 radical (unpaired) electrons. The fourth-order valence-corrected chi connectivity index (χ4v) is 5.14. The molecule has 0 bridgehead atoms. The summed E-state index contributed by atoms with van der Waals surface area (Å²) < 4.78 is 23.1. The number of quaternary nitrogens is 1. The molecule has 1 N–H and O–H groups in total. The first kappa shape index (κ1) is 15.7. The van der Waals surface area contributed by atoms with E-state index in [4.69, 9.17) is 11.6 Å². The molecule has 120 valence electrons. The Morgan fingerprint density at radius 2 is 2.05 bits per heavy atom. The van der Waals surface area contributed by atoms with Crippen molar-refractivity contribution in [1.82, 2.24) is 9.88 Å². The molecule has 6 nitrogen and oxygen atoms in total. The van der Waals surface area contributed by atoms with Crippen molar-refractivity contribution in [1.29, 1.82) is 0 Å². The third kappa shape index (κ3) is 3.42. The van der Waals surface area contributed by atoms with Crippen LogP contribution in [0.3, 0.4) is 0 Å². The minimum atomic E-state index is -2.84.